The molecule has 0 bridgehead atoms. The standard InChI is InChI=1S/C74H89NO18/c1-4-67(76)86-46-16-10-7-13-43-83-55-29-35-58(36-30-55)89-70-65-49-53(73(81)92-59-25-19-51(20-26-59)71(79)90-61-37-31-56(32-38-61)84-44-14-8-11-17-47-87-68(77)5-2)23-41-63(65)64-42-24-54(50-66(64)75-70)74(82)93-60-27-21-52(22-28-60)72(80)91-62-39-33-57(34-40-62)85-45-15-9-12-18-48-88-69(78)6-3/h4-5,23,29-41,49-52,59-60,74,82H,1-2,6-22,24-28,42-48H2,3H3. The number of hydrogen-bond donors (Lipinski definition) is 1. The number of aromatic nitrogens is 1. The lowest BCUT2D eigenvalue weighted by atomic mass is 9.87. The number of ether oxygens (including phenoxy) is 11. The number of aryl methyl sites for hydroxylation is 1. The Morgan fingerprint density at radius 3 is 1.43 bits per heavy atom. The first-order valence-corrected chi connectivity index (χ1v) is 33.1. The number of fused-ring (bicyclic) bond motifs is 3. The maximum atomic E-state index is 14.0. The fourth-order valence-electron chi connectivity index (χ4n) is 11.3. The molecular weight excluding hydrogens is 1190 g/mol. The smallest absolute Gasteiger partial charge is 0.338 e. The Morgan fingerprint density at radius 1 is 0.516 bits per heavy atom. The van der Waals surface area contributed by atoms with Crippen LogP contribution in [0.5, 0.6) is 40.4 Å². The molecule has 498 valence electrons. The van der Waals surface area contributed by atoms with E-state index in [2.05, 4.69) is 13.2 Å². The van der Waals surface area contributed by atoms with Gasteiger partial charge in [-0.25, -0.2) is 19.4 Å². The Hall–Kier alpha value is -8.55. The van der Waals surface area contributed by atoms with Crippen molar-refractivity contribution in [2.45, 2.75) is 173 Å². The van der Waals surface area contributed by atoms with Crippen LogP contribution in [0.3, 0.4) is 0 Å². The number of unbranched alkanes of at least 4 members (excludes halogenated alkanes) is 9. The molecule has 8 rings (SSSR count). The third-order valence-corrected chi connectivity index (χ3v) is 16.7. The summed E-state index contributed by atoms with van der Waals surface area (Å²) < 4.78 is 63.4. The average molecular weight is 1280 g/mol. The fraction of sp³-hybridized carbons (Fsp3) is 0.473. The van der Waals surface area contributed by atoms with Gasteiger partial charge in [-0.2, -0.15) is 0 Å². The van der Waals surface area contributed by atoms with E-state index in [0.717, 1.165) is 100 Å². The van der Waals surface area contributed by atoms with Crippen LogP contribution in [0.15, 0.2) is 122 Å². The minimum atomic E-state index is -1.21. The number of nitrogens with zero attached hydrogens (tertiary/aromatic N) is 1. The molecule has 2 saturated carbocycles. The first kappa shape index (κ1) is 70.3. The Labute approximate surface area is 545 Å². The van der Waals surface area contributed by atoms with E-state index in [1.54, 1.807) is 79.7 Å². The number of carbonyl (C=O) groups excluding carboxylic acids is 6. The molecule has 2 fully saturated rings. The van der Waals surface area contributed by atoms with Gasteiger partial charge in [0.15, 0.2) is 6.29 Å². The summed E-state index contributed by atoms with van der Waals surface area (Å²) in [6.07, 6.45) is 18.3. The Bertz CT molecular complexity index is 3270. The number of aliphatic hydroxyl groups excluding tert-OH is 1. The third kappa shape index (κ3) is 23.2. The highest BCUT2D eigenvalue weighted by molar-refractivity contribution is 5.99. The molecule has 19 heteroatoms. The number of benzene rings is 4. The molecule has 0 aliphatic heterocycles. The van der Waals surface area contributed by atoms with Gasteiger partial charge in [-0.05, 0) is 249 Å². The van der Waals surface area contributed by atoms with Crippen LogP contribution in [0.2, 0.25) is 0 Å². The first-order chi connectivity index (χ1) is 45.3. The molecule has 1 aromatic heterocycles. The molecular formula is C74H89NO18. The molecule has 93 heavy (non-hydrogen) atoms. The van der Waals surface area contributed by atoms with Gasteiger partial charge in [-0.3, -0.25) is 14.4 Å². The largest absolute Gasteiger partial charge is 0.494 e. The molecule has 0 spiro atoms. The molecule has 3 aliphatic carbocycles. The van der Waals surface area contributed by atoms with E-state index in [4.69, 9.17) is 57.1 Å². The van der Waals surface area contributed by atoms with Crippen LogP contribution in [-0.2, 0) is 54.1 Å². The van der Waals surface area contributed by atoms with Crippen molar-refractivity contribution in [2.24, 2.45) is 11.8 Å². The van der Waals surface area contributed by atoms with Crippen molar-refractivity contribution in [1.29, 1.82) is 0 Å². The minimum Gasteiger partial charge on any atom is -0.494 e. The van der Waals surface area contributed by atoms with E-state index in [-0.39, 0.29) is 41.7 Å². The topological polar surface area (TPSA) is 237 Å². The number of pyridine rings is 1. The van der Waals surface area contributed by atoms with Crippen molar-refractivity contribution in [1.82, 2.24) is 4.98 Å². The summed E-state index contributed by atoms with van der Waals surface area (Å²) in [5.41, 5.74) is 2.50. The Morgan fingerprint density at radius 2 is 0.957 bits per heavy atom. The Kier molecular flexibility index (Phi) is 28.6. The van der Waals surface area contributed by atoms with Crippen molar-refractivity contribution in [3.8, 4) is 40.4 Å². The zero-order chi connectivity index (χ0) is 65.6. The predicted molar refractivity (Wildman–Crippen MR) is 348 cm³/mol. The van der Waals surface area contributed by atoms with Gasteiger partial charge in [-0.15, -0.1) is 0 Å². The van der Waals surface area contributed by atoms with Gasteiger partial charge in [0.1, 0.15) is 40.6 Å². The van der Waals surface area contributed by atoms with Crippen molar-refractivity contribution in [2.75, 3.05) is 39.6 Å². The number of hydrogen-bond acceptors (Lipinski definition) is 19. The normalized spacial score (nSPS) is 17.1. The lowest BCUT2D eigenvalue weighted by Gasteiger charge is -2.30. The van der Waals surface area contributed by atoms with Crippen molar-refractivity contribution < 1.29 is 86.0 Å². The summed E-state index contributed by atoms with van der Waals surface area (Å²) >= 11 is 0. The van der Waals surface area contributed by atoms with E-state index in [0.29, 0.717) is 167 Å². The van der Waals surface area contributed by atoms with Crippen LogP contribution >= 0.6 is 0 Å². The third-order valence-electron chi connectivity index (χ3n) is 16.7. The summed E-state index contributed by atoms with van der Waals surface area (Å²) in [7, 11) is 0. The molecule has 0 radical (unpaired) electrons. The van der Waals surface area contributed by atoms with E-state index in [1.807, 2.05) is 24.3 Å². The van der Waals surface area contributed by atoms with Gasteiger partial charge in [-0.1, -0.05) is 26.1 Å². The molecule has 0 saturated heterocycles. The van der Waals surface area contributed by atoms with Gasteiger partial charge in [0.25, 0.3) is 0 Å². The van der Waals surface area contributed by atoms with Crippen LogP contribution < -0.4 is 28.4 Å². The zero-order valence-corrected chi connectivity index (χ0v) is 53.5. The minimum absolute atomic E-state index is 0.176. The molecule has 1 N–H and O–H groups in total. The van der Waals surface area contributed by atoms with Gasteiger partial charge in [0.2, 0.25) is 5.88 Å². The lowest BCUT2D eigenvalue weighted by Crippen LogP contribution is -2.32. The molecule has 3 aliphatic rings. The van der Waals surface area contributed by atoms with Crippen molar-refractivity contribution in [3.63, 3.8) is 0 Å². The van der Waals surface area contributed by atoms with E-state index >= 15 is 0 Å². The summed E-state index contributed by atoms with van der Waals surface area (Å²) in [4.78, 5) is 79.3. The van der Waals surface area contributed by atoms with Gasteiger partial charge in [0.05, 0.1) is 68.8 Å². The highest BCUT2D eigenvalue weighted by atomic mass is 16.6. The summed E-state index contributed by atoms with van der Waals surface area (Å²) in [6, 6.07) is 26.6. The molecule has 1 heterocycles. The van der Waals surface area contributed by atoms with Gasteiger partial charge in [0, 0.05) is 24.0 Å². The highest BCUT2D eigenvalue weighted by Gasteiger charge is 2.33. The van der Waals surface area contributed by atoms with Crippen LogP contribution in [0, 0.1) is 11.8 Å². The van der Waals surface area contributed by atoms with Crippen LogP contribution in [0.4, 0.5) is 0 Å². The predicted octanol–water partition coefficient (Wildman–Crippen LogP) is 14.4. The molecule has 1 unspecified atom stereocenters. The number of esters is 6. The van der Waals surface area contributed by atoms with Crippen LogP contribution in [0.25, 0.3) is 16.8 Å². The molecule has 1 atom stereocenters. The van der Waals surface area contributed by atoms with Crippen LogP contribution in [0.1, 0.15) is 170 Å². The summed E-state index contributed by atoms with van der Waals surface area (Å²) in [5, 5.41) is 13.0. The number of rotatable bonds is 38. The quantitative estimate of drug-likeness (QED) is 0.00965. The maximum absolute atomic E-state index is 14.0. The SMILES string of the molecule is C=CC(=O)OCCCCCCOc1ccc(OC(=O)C2CCC(OC(=O)c3ccc4c5c(nc(Oc6ccc(OCCCCCCOC(=O)C=C)cc6)c4c3)C=C(C(O)OC3CCC(C(=O)Oc4ccc(OCCCCCCOC(=O)CC)cc4)CC3)CC5)CC2)cc1. The Balaban J connectivity index is 0.833. The van der Waals surface area contributed by atoms with Crippen LogP contribution in [-0.4, -0.2) is 104 Å². The van der Waals surface area contributed by atoms with E-state index in [1.165, 1.54) is 0 Å². The summed E-state index contributed by atoms with van der Waals surface area (Å²) in [5.74, 6) is 0.797. The maximum Gasteiger partial charge on any atom is 0.338 e. The number of carbonyl (C=O) groups is 6. The highest BCUT2D eigenvalue weighted by Crippen LogP contribution is 2.39. The van der Waals surface area contributed by atoms with E-state index < -0.39 is 30.3 Å². The van der Waals surface area contributed by atoms with Crippen molar-refractivity contribution in [3.05, 3.63) is 139 Å². The van der Waals surface area contributed by atoms with Gasteiger partial charge >= 0.3 is 35.8 Å². The zero-order valence-electron chi connectivity index (χ0n) is 53.5. The van der Waals surface area contributed by atoms with Crippen molar-refractivity contribution >= 4 is 52.7 Å². The summed E-state index contributed by atoms with van der Waals surface area (Å²) in [6.45, 7) is 11.4. The van der Waals surface area contributed by atoms with E-state index in [9.17, 15) is 33.9 Å². The second kappa shape index (κ2) is 37.8. The molecule has 0 amide bonds. The second-order valence-electron chi connectivity index (χ2n) is 23.6. The van der Waals surface area contributed by atoms with Gasteiger partial charge < -0.3 is 57.2 Å². The monoisotopic (exact) mass is 1280 g/mol. The molecule has 19 nitrogen and oxygen atoms in total. The molecule has 5 aromatic rings. The fourth-order valence-corrected chi connectivity index (χ4v) is 11.3. The molecule has 4 aromatic carbocycles. The first-order valence-electron chi connectivity index (χ1n) is 33.1. The average Bonchev–Trinajstić information content (AvgIpc) is 0.774. The second-order valence-corrected chi connectivity index (χ2v) is 23.6. The lowest BCUT2D eigenvalue weighted by molar-refractivity contribution is -0.146. The number of aliphatic hydroxyl groups is 1.